The van der Waals surface area contributed by atoms with Crippen LogP contribution in [0.3, 0.4) is 0 Å². The first-order chi connectivity index (χ1) is 14.1. The summed E-state index contributed by atoms with van der Waals surface area (Å²) in [6.45, 7) is 5.03. The summed E-state index contributed by atoms with van der Waals surface area (Å²) >= 11 is 1.35. The molecular formula is C22H26N4O2S. The second-order valence-corrected chi connectivity index (χ2v) is 7.99. The standard InChI is InChI=1S/C22H26N4O2S/c1-17(2)19-8-10-20(11-9-19)26-16-23-24-22(26)29-15-21(28)25(12-13-27)14-18-6-4-3-5-7-18/h3-11,16-17,27H,12-15H2,1-2H3. The van der Waals surface area contributed by atoms with E-state index in [1.807, 2.05) is 47.0 Å². The van der Waals surface area contributed by atoms with Gasteiger partial charge < -0.3 is 10.0 Å². The van der Waals surface area contributed by atoms with Crippen molar-refractivity contribution >= 4 is 17.7 Å². The summed E-state index contributed by atoms with van der Waals surface area (Å²) in [5.74, 6) is 0.659. The molecule has 0 unspecified atom stereocenters. The first-order valence-electron chi connectivity index (χ1n) is 9.64. The Labute approximate surface area is 175 Å². The fourth-order valence-corrected chi connectivity index (χ4v) is 3.79. The molecule has 0 bridgehead atoms. The van der Waals surface area contributed by atoms with Crippen molar-refractivity contribution in [2.45, 2.75) is 31.5 Å². The average Bonchev–Trinajstić information content (AvgIpc) is 3.21. The van der Waals surface area contributed by atoms with Crippen LogP contribution < -0.4 is 0 Å². The lowest BCUT2D eigenvalue weighted by atomic mass is 10.0. The molecule has 0 aliphatic heterocycles. The highest BCUT2D eigenvalue weighted by molar-refractivity contribution is 7.99. The third-order valence-corrected chi connectivity index (χ3v) is 5.55. The molecule has 1 heterocycles. The molecule has 1 aromatic heterocycles. The highest BCUT2D eigenvalue weighted by Gasteiger charge is 2.16. The molecule has 1 amide bonds. The van der Waals surface area contributed by atoms with Gasteiger partial charge in [0.2, 0.25) is 5.91 Å². The Kier molecular flexibility index (Phi) is 7.43. The number of carbonyl (C=O) groups excluding carboxylic acids is 1. The van der Waals surface area contributed by atoms with Gasteiger partial charge in [-0.25, -0.2) is 0 Å². The van der Waals surface area contributed by atoms with Crippen molar-refractivity contribution in [1.82, 2.24) is 19.7 Å². The molecule has 0 atom stereocenters. The maximum atomic E-state index is 12.7. The van der Waals surface area contributed by atoms with Crippen LogP contribution in [0, 0.1) is 0 Å². The molecule has 152 valence electrons. The number of hydrogen-bond acceptors (Lipinski definition) is 5. The van der Waals surface area contributed by atoms with E-state index in [1.165, 1.54) is 17.3 Å². The van der Waals surface area contributed by atoms with E-state index >= 15 is 0 Å². The Balaban J connectivity index is 1.66. The number of rotatable bonds is 9. The number of aliphatic hydroxyl groups excluding tert-OH is 1. The number of aromatic nitrogens is 3. The maximum absolute atomic E-state index is 12.7. The number of hydrogen-bond donors (Lipinski definition) is 1. The highest BCUT2D eigenvalue weighted by atomic mass is 32.2. The molecule has 3 rings (SSSR count). The van der Waals surface area contributed by atoms with Crippen molar-refractivity contribution in [3.8, 4) is 5.69 Å². The zero-order valence-electron chi connectivity index (χ0n) is 16.7. The predicted octanol–water partition coefficient (Wildman–Crippen LogP) is 3.50. The molecule has 0 radical (unpaired) electrons. The van der Waals surface area contributed by atoms with Gasteiger partial charge in [-0.05, 0) is 29.2 Å². The molecule has 3 aromatic rings. The summed E-state index contributed by atoms with van der Waals surface area (Å²) in [7, 11) is 0. The van der Waals surface area contributed by atoms with Crippen molar-refractivity contribution in [3.63, 3.8) is 0 Å². The summed E-state index contributed by atoms with van der Waals surface area (Å²) in [6.07, 6.45) is 1.66. The number of nitrogens with zero attached hydrogens (tertiary/aromatic N) is 4. The third kappa shape index (κ3) is 5.68. The summed E-state index contributed by atoms with van der Waals surface area (Å²) < 4.78 is 1.88. The Morgan fingerprint density at radius 3 is 2.52 bits per heavy atom. The Hall–Kier alpha value is -2.64. The van der Waals surface area contributed by atoms with E-state index in [9.17, 15) is 9.90 Å². The molecular weight excluding hydrogens is 384 g/mol. The summed E-state index contributed by atoms with van der Waals surface area (Å²) in [5, 5.41) is 18.2. The monoisotopic (exact) mass is 410 g/mol. The van der Waals surface area contributed by atoms with Gasteiger partial charge in [-0.2, -0.15) is 0 Å². The Morgan fingerprint density at radius 1 is 1.14 bits per heavy atom. The van der Waals surface area contributed by atoms with Crippen LogP contribution in [0.2, 0.25) is 0 Å². The van der Waals surface area contributed by atoms with E-state index in [0.29, 0.717) is 24.2 Å². The Bertz CT molecular complexity index is 910. The van der Waals surface area contributed by atoms with Gasteiger partial charge in [-0.15, -0.1) is 10.2 Å². The number of aliphatic hydroxyl groups is 1. The SMILES string of the molecule is CC(C)c1ccc(-n2cnnc2SCC(=O)N(CCO)Cc2ccccc2)cc1. The first-order valence-corrected chi connectivity index (χ1v) is 10.6. The van der Waals surface area contributed by atoms with E-state index in [4.69, 9.17) is 0 Å². The predicted molar refractivity (Wildman–Crippen MR) is 115 cm³/mol. The van der Waals surface area contributed by atoms with Crippen LogP contribution in [0.25, 0.3) is 5.69 Å². The lowest BCUT2D eigenvalue weighted by Crippen LogP contribution is -2.34. The molecule has 29 heavy (non-hydrogen) atoms. The smallest absolute Gasteiger partial charge is 0.233 e. The number of carbonyl (C=O) groups is 1. The van der Waals surface area contributed by atoms with Gasteiger partial charge >= 0.3 is 0 Å². The van der Waals surface area contributed by atoms with Crippen LogP contribution in [0.5, 0.6) is 0 Å². The Morgan fingerprint density at radius 2 is 1.86 bits per heavy atom. The van der Waals surface area contributed by atoms with Crippen LogP contribution >= 0.6 is 11.8 Å². The molecule has 1 N–H and O–H groups in total. The van der Waals surface area contributed by atoms with Crippen LogP contribution in [-0.2, 0) is 11.3 Å². The van der Waals surface area contributed by atoms with Crippen LogP contribution in [0.15, 0.2) is 66.1 Å². The van der Waals surface area contributed by atoms with Crippen LogP contribution in [-0.4, -0.2) is 49.6 Å². The minimum absolute atomic E-state index is 0.0439. The van der Waals surface area contributed by atoms with Gasteiger partial charge in [0.25, 0.3) is 0 Å². The molecule has 0 spiro atoms. The van der Waals surface area contributed by atoms with Crippen molar-refractivity contribution in [2.75, 3.05) is 18.9 Å². The minimum atomic E-state index is -0.0678. The van der Waals surface area contributed by atoms with E-state index in [0.717, 1.165) is 11.3 Å². The van der Waals surface area contributed by atoms with E-state index in [1.54, 1.807) is 11.2 Å². The highest BCUT2D eigenvalue weighted by Crippen LogP contribution is 2.22. The van der Waals surface area contributed by atoms with Gasteiger partial charge in [-0.1, -0.05) is 68.1 Å². The second kappa shape index (κ2) is 10.2. The number of thioether (sulfide) groups is 1. The van der Waals surface area contributed by atoms with E-state index in [-0.39, 0.29) is 18.3 Å². The van der Waals surface area contributed by atoms with Gasteiger partial charge in [-0.3, -0.25) is 9.36 Å². The topological polar surface area (TPSA) is 71.2 Å². The van der Waals surface area contributed by atoms with E-state index < -0.39 is 0 Å². The summed E-state index contributed by atoms with van der Waals surface area (Å²) in [4.78, 5) is 14.4. The maximum Gasteiger partial charge on any atom is 0.233 e. The molecule has 0 aliphatic carbocycles. The minimum Gasteiger partial charge on any atom is -0.395 e. The lowest BCUT2D eigenvalue weighted by molar-refractivity contribution is -0.129. The second-order valence-electron chi connectivity index (χ2n) is 7.04. The van der Waals surface area contributed by atoms with Gasteiger partial charge in [0, 0.05) is 18.8 Å². The van der Waals surface area contributed by atoms with E-state index in [2.05, 4.69) is 36.2 Å². The molecule has 0 aliphatic rings. The normalized spacial score (nSPS) is 11.0. The van der Waals surface area contributed by atoms with Gasteiger partial charge in [0.1, 0.15) is 6.33 Å². The molecule has 0 saturated heterocycles. The third-order valence-electron chi connectivity index (χ3n) is 4.62. The summed E-state index contributed by atoms with van der Waals surface area (Å²) in [5.41, 5.74) is 3.27. The molecule has 6 nitrogen and oxygen atoms in total. The van der Waals surface area contributed by atoms with Gasteiger partial charge in [0.05, 0.1) is 12.4 Å². The van der Waals surface area contributed by atoms with Crippen LogP contribution in [0.4, 0.5) is 0 Å². The van der Waals surface area contributed by atoms with Gasteiger partial charge in [0.15, 0.2) is 5.16 Å². The number of amides is 1. The quantitative estimate of drug-likeness (QED) is 0.547. The summed E-state index contributed by atoms with van der Waals surface area (Å²) in [6, 6.07) is 18.1. The van der Waals surface area contributed by atoms with Crippen LogP contribution in [0.1, 0.15) is 30.9 Å². The molecule has 2 aromatic carbocycles. The van der Waals surface area contributed by atoms with Crippen molar-refractivity contribution in [3.05, 3.63) is 72.1 Å². The fourth-order valence-electron chi connectivity index (χ4n) is 2.95. The largest absolute Gasteiger partial charge is 0.395 e. The molecule has 7 heteroatoms. The first kappa shape index (κ1) is 21.1. The zero-order valence-corrected chi connectivity index (χ0v) is 17.5. The number of benzene rings is 2. The zero-order chi connectivity index (χ0) is 20.6. The fraction of sp³-hybridized carbons (Fsp3) is 0.318. The lowest BCUT2D eigenvalue weighted by Gasteiger charge is -2.21. The average molecular weight is 411 g/mol. The van der Waals surface area contributed by atoms with Crippen molar-refractivity contribution in [2.24, 2.45) is 0 Å². The van der Waals surface area contributed by atoms with Crippen molar-refractivity contribution < 1.29 is 9.90 Å². The molecule has 0 fully saturated rings. The van der Waals surface area contributed by atoms with Crippen molar-refractivity contribution in [1.29, 1.82) is 0 Å². The molecule has 0 saturated carbocycles.